The number of amides is 1. The van der Waals surface area contributed by atoms with Gasteiger partial charge < -0.3 is 10.1 Å². The minimum atomic E-state index is -4.58. The molecule has 0 fully saturated rings. The number of nitrogens with zero attached hydrogens (tertiary/aromatic N) is 2. The molecule has 2 rings (SSSR count). The normalized spacial score (nSPS) is 12.7. The molecule has 1 heterocycles. The maximum atomic E-state index is 13.1. The number of aryl methyl sites for hydroxylation is 1. The van der Waals surface area contributed by atoms with E-state index in [1.807, 2.05) is 0 Å². The molecule has 0 aliphatic carbocycles. The predicted octanol–water partition coefficient (Wildman–Crippen LogP) is 3.13. The maximum absolute atomic E-state index is 13.1. The van der Waals surface area contributed by atoms with E-state index in [1.54, 1.807) is 6.92 Å². The molecule has 1 aromatic carbocycles. The molecule has 23 heavy (non-hydrogen) atoms. The van der Waals surface area contributed by atoms with Crippen molar-refractivity contribution < 1.29 is 22.7 Å². The zero-order valence-electron chi connectivity index (χ0n) is 12.4. The second-order valence-electron chi connectivity index (χ2n) is 4.71. The fourth-order valence-electron chi connectivity index (χ4n) is 2.02. The first kappa shape index (κ1) is 16.9. The molecular weight excluding hydrogens is 311 g/mol. The van der Waals surface area contributed by atoms with Gasteiger partial charge in [0.2, 0.25) is 0 Å². The number of methoxy groups -OCH3 is 1. The van der Waals surface area contributed by atoms with Crippen LogP contribution < -0.4 is 5.32 Å². The molecule has 5 nitrogen and oxygen atoms in total. The number of anilines is 1. The Balaban J connectivity index is 2.29. The number of aromatic nitrogens is 2. The van der Waals surface area contributed by atoms with Crippen molar-refractivity contribution in [1.29, 1.82) is 0 Å². The minimum absolute atomic E-state index is 0.256. The van der Waals surface area contributed by atoms with Gasteiger partial charge in [-0.25, -0.2) is 9.97 Å². The van der Waals surface area contributed by atoms with Crippen LogP contribution in [0.2, 0.25) is 0 Å². The molecule has 0 saturated heterocycles. The average molecular weight is 325 g/mol. The summed E-state index contributed by atoms with van der Waals surface area (Å²) in [6, 6.07) is 4.79. The molecule has 1 aromatic heterocycles. The lowest BCUT2D eigenvalue weighted by atomic mass is 10.0. The van der Waals surface area contributed by atoms with E-state index in [0.717, 1.165) is 6.07 Å². The van der Waals surface area contributed by atoms with Crippen molar-refractivity contribution in [2.75, 3.05) is 12.4 Å². The average Bonchev–Trinajstić information content (AvgIpc) is 2.50. The molecule has 0 radical (unpaired) electrons. The zero-order chi connectivity index (χ0) is 17.0. The summed E-state index contributed by atoms with van der Waals surface area (Å²) >= 11 is 0. The van der Waals surface area contributed by atoms with Crippen LogP contribution in [0, 0.1) is 6.92 Å². The van der Waals surface area contributed by atoms with Crippen molar-refractivity contribution in [1.82, 2.24) is 9.97 Å². The van der Waals surface area contributed by atoms with Crippen LogP contribution in [-0.2, 0) is 15.7 Å². The van der Waals surface area contributed by atoms with E-state index in [-0.39, 0.29) is 11.3 Å². The summed E-state index contributed by atoms with van der Waals surface area (Å²) in [5.41, 5.74) is -0.901. The summed E-state index contributed by atoms with van der Waals surface area (Å²) < 4.78 is 44.2. The number of ether oxygens (including phenoxy) is 1. The standard InChI is InChI=1S/C15H14F3N3O2/c1-9-19-7-10(8-20-9)21-14(22)13(23-2)11-5-3-4-6-12(11)15(16,17)18/h3-8,13H,1-2H3,(H,21,22). The Morgan fingerprint density at radius 1 is 1.22 bits per heavy atom. The van der Waals surface area contributed by atoms with E-state index in [2.05, 4.69) is 15.3 Å². The lowest BCUT2D eigenvalue weighted by molar-refractivity contribution is -0.140. The molecule has 0 aliphatic rings. The van der Waals surface area contributed by atoms with E-state index in [0.29, 0.717) is 5.82 Å². The van der Waals surface area contributed by atoms with E-state index < -0.39 is 23.8 Å². The molecule has 122 valence electrons. The molecule has 1 unspecified atom stereocenters. The van der Waals surface area contributed by atoms with E-state index in [1.165, 1.54) is 37.7 Å². The van der Waals surface area contributed by atoms with Crippen LogP contribution in [0.4, 0.5) is 18.9 Å². The minimum Gasteiger partial charge on any atom is -0.367 e. The maximum Gasteiger partial charge on any atom is 0.416 e. The monoisotopic (exact) mass is 325 g/mol. The molecule has 1 N–H and O–H groups in total. The Labute approximate surface area is 130 Å². The summed E-state index contributed by atoms with van der Waals surface area (Å²) in [5.74, 6) is -0.231. The number of halogens is 3. The lowest BCUT2D eigenvalue weighted by Gasteiger charge is -2.20. The van der Waals surface area contributed by atoms with Crippen LogP contribution in [-0.4, -0.2) is 23.0 Å². The zero-order valence-corrected chi connectivity index (χ0v) is 12.4. The lowest BCUT2D eigenvalue weighted by Crippen LogP contribution is -2.25. The number of alkyl halides is 3. The molecule has 2 aromatic rings. The second-order valence-corrected chi connectivity index (χ2v) is 4.71. The molecule has 1 amide bonds. The Bertz CT molecular complexity index is 687. The highest BCUT2D eigenvalue weighted by Gasteiger charge is 2.36. The SMILES string of the molecule is COC(C(=O)Nc1cnc(C)nc1)c1ccccc1C(F)(F)F. The summed E-state index contributed by atoms with van der Waals surface area (Å²) in [4.78, 5) is 20.0. The quantitative estimate of drug-likeness (QED) is 0.938. The molecule has 8 heteroatoms. The van der Waals surface area contributed by atoms with Crippen molar-refractivity contribution in [3.8, 4) is 0 Å². The summed E-state index contributed by atoms with van der Waals surface area (Å²) in [7, 11) is 1.17. The molecule has 0 bridgehead atoms. The highest BCUT2D eigenvalue weighted by Crippen LogP contribution is 2.35. The van der Waals surface area contributed by atoms with Gasteiger partial charge in [-0.15, -0.1) is 0 Å². The van der Waals surface area contributed by atoms with Gasteiger partial charge in [0.05, 0.1) is 23.6 Å². The first-order chi connectivity index (χ1) is 10.8. The number of carbonyl (C=O) groups excluding carboxylic acids is 1. The Hall–Kier alpha value is -2.48. The molecular formula is C15H14F3N3O2. The molecule has 0 aliphatic heterocycles. The van der Waals surface area contributed by atoms with Crippen molar-refractivity contribution >= 4 is 11.6 Å². The number of hydrogen-bond acceptors (Lipinski definition) is 4. The van der Waals surface area contributed by atoms with Gasteiger partial charge in [0.1, 0.15) is 5.82 Å². The third kappa shape index (κ3) is 4.04. The second kappa shape index (κ2) is 6.74. The van der Waals surface area contributed by atoms with Gasteiger partial charge in [-0.2, -0.15) is 13.2 Å². The molecule has 0 saturated carbocycles. The van der Waals surface area contributed by atoms with Crippen LogP contribution >= 0.6 is 0 Å². The number of nitrogens with one attached hydrogen (secondary N) is 1. The fraction of sp³-hybridized carbons (Fsp3) is 0.267. The van der Waals surface area contributed by atoms with Crippen LogP contribution in [0.1, 0.15) is 23.1 Å². The van der Waals surface area contributed by atoms with Gasteiger partial charge in [0, 0.05) is 12.7 Å². The topological polar surface area (TPSA) is 64.1 Å². The first-order valence-corrected chi connectivity index (χ1v) is 6.61. The van der Waals surface area contributed by atoms with Crippen LogP contribution in [0.15, 0.2) is 36.7 Å². The molecule has 1 atom stereocenters. The third-order valence-corrected chi connectivity index (χ3v) is 3.07. The molecule has 0 spiro atoms. The number of hydrogen-bond donors (Lipinski definition) is 1. The summed E-state index contributed by atoms with van der Waals surface area (Å²) in [5, 5.41) is 2.44. The smallest absolute Gasteiger partial charge is 0.367 e. The largest absolute Gasteiger partial charge is 0.416 e. The Morgan fingerprint density at radius 3 is 2.39 bits per heavy atom. The van der Waals surface area contributed by atoms with Gasteiger partial charge in [0.15, 0.2) is 6.10 Å². The van der Waals surface area contributed by atoms with Gasteiger partial charge in [0.25, 0.3) is 5.91 Å². The number of benzene rings is 1. The van der Waals surface area contributed by atoms with Gasteiger partial charge in [-0.05, 0) is 13.0 Å². The van der Waals surface area contributed by atoms with Crippen LogP contribution in [0.25, 0.3) is 0 Å². The first-order valence-electron chi connectivity index (χ1n) is 6.61. The Morgan fingerprint density at radius 2 is 1.83 bits per heavy atom. The fourth-order valence-corrected chi connectivity index (χ4v) is 2.02. The van der Waals surface area contributed by atoms with Crippen LogP contribution in [0.3, 0.4) is 0 Å². The van der Waals surface area contributed by atoms with E-state index in [4.69, 9.17) is 4.74 Å². The van der Waals surface area contributed by atoms with Gasteiger partial charge in [-0.3, -0.25) is 4.79 Å². The number of rotatable bonds is 4. The highest BCUT2D eigenvalue weighted by molar-refractivity contribution is 5.94. The van der Waals surface area contributed by atoms with Crippen molar-refractivity contribution in [2.24, 2.45) is 0 Å². The van der Waals surface area contributed by atoms with Crippen molar-refractivity contribution in [3.05, 3.63) is 53.6 Å². The van der Waals surface area contributed by atoms with E-state index in [9.17, 15) is 18.0 Å². The predicted molar refractivity (Wildman–Crippen MR) is 76.6 cm³/mol. The number of carbonyl (C=O) groups is 1. The highest BCUT2D eigenvalue weighted by atomic mass is 19.4. The van der Waals surface area contributed by atoms with Gasteiger partial charge in [-0.1, -0.05) is 18.2 Å². The third-order valence-electron chi connectivity index (χ3n) is 3.07. The van der Waals surface area contributed by atoms with Crippen LogP contribution in [0.5, 0.6) is 0 Å². The van der Waals surface area contributed by atoms with Crippen molar-refractivity contribution in [3.63, 3.8) is 0 Å². The summed E-state index contributed by atoms with van der Waals surface area (Å²) in [6.45, 7) is 1.67. The Kier molecular flexibility index (Phi) is 4.95. The summed E-state index contributed by atoms with van der Waals surface area (Å²) in [6.07, 6.45) is -3.26. The van der Waals surface area contributed by atoms with Crippen molar-refractivity contribution in [2.45, 2.75) is 19.2 Å². The van der Waals surface area contributed by atoms with Gasteiger partial charge >= 0.3 is 6.18 Å². The van der Waals surface area contributed by atoms with E-state index >= 15 is 0 Å².